The molecule has 2 fully saturated rings. The molecule has 0 radical (unpaired) electrons. The second kappa shape index (κ2) is 14.7. The van der Waals surface area contributed by atoms with Gasteiger partial charge in [0.15, 0.2) is 11.6 Å². The molecule has 4 N–H and O–H groups in total. The van der Waals surface area contributed by atoms with E-state index in [1.165, 1.54) is 5.56 Å². The molecule has 0 spiro atoms. The molecule has 8 nitrogen and oxygen atoms in total. The van der Waals surface area contributed by atoms with Crippen molar-refractivity contribution in [2.75, 3.05) is 24.1 Å². The van der Waals surface area contributed by atoms with Crippen LogP contribution in [0.15, 0.2) is 48.7 Å². The summed E-state index contributed by atoms with van der Waals surface area (Å²) in [4.78, 5) is 24.6. The van der Waals surface area contributed by atoms with E-state index in [1.807, 2.05) is 6.07 Å². The third kappa shape index (κ3) is 8.38. The van der Waals surface area contributed by atoms with Crippen LogP contribution in [-0.2, 0) is 22.6 Å². The second-order valence-corrected chi connectivity index (χ2v) is 12.9. The monoisotopic (exact) mass is 624 g/mol. The maximum atomic E-state index is 12.9. The number of piperidine rings is 1. The number of nitrogens with one attached hydrogen (secondary N) is 2. The van der Waals surface area contributed by atoms with Gasteiger partial charge >= 0.3 is 5.97 Å². The van der Waals surface area contributed by atoms with Gasteiger partial charge in [0, 0.05) is 46.8 Å². The van der Waals surface area contributed by atoms with Crippen molar-refractivity contribution in [3.8, 4) is 11.3 Å². The maximum absolute atomic E-state index is 12.9. The molecule has 1 aliphatic carbocycles. The Hall–Kier alpha value is -2.91. The van der Waals surface area contributed by atoms with Gasteiger partial charge in [-0.1, -0.05) is 67.4 Å². The number of nitrogen functional groups attached to an aromatic ring is 1. The van der Waals surface area contributed by atoms with Gasteiger partial charge in [-0.2, -0.15) is 0 Å². The summed E-state index contributed by atoms with van der Waals surface area (Å²) in [6.07, 6.45) is 7.86. The third-order valence-electron chi connectivity index (χ3n) is 8.29. The number of nitrogens with zero attached hydrogens (tertiary/aromatic N) is 3. The van der Waals surface area contributed by atoms with E-state index in [-0.39, 0.29) is 18.1 Å². The Kier molecular flexibility index (Phi) is 10.8. The standard InChI is InChI=1S/C33H42Cl2N6O2/c1-21(2)19-41(24-14-15-37-29(16-24)33(42)43-25-6-3-4-7-25)20-22-10-12-23(13-11-22)30-18-38-31(36)32(40-30)39-17-26-27(34)8-5-9-28(26)35/h5,8-13,18,21,24-25,29,37H,3-4,6-7,14-17,19-20H2,1-2H3,(H2,36,38)(H,39,40)/t24?,29-/m1/s1. The Balaban J connectivity index is 1.24. The summed E-state index contributed by atoms with van der Waals surface area (Å²) >= 11 is 12.6. The molecular formula is C33H42Cl2N6O2. The van der Waals surface area contributed by atoms with Gasteiger partial charge in [-0.3, -0.25) is 9.69 Å². The number of nitrogens with two attached hydrogens (primary N) is 1. The zero-order valence-electron chi connectivity index (χ0n) is 25.0. The van der Waals surface area contributed by atoms with E-state index in [2.05, 4.69) is 58.6 Å². The Bertz CT molecular complexity index is 1360. The van der Waals surface area contributed by atoms with Gasteiger partial charge in [0.05, 0.1) is 11.9 Å². The number of halogens is 2. The summed E-state index contributed by atoms with van der Waals surface area (Å²) in [6.45, 7) is 7.46. The Morgan fingerprint density at radius 3 is 2.53 bits per heavy atom. The quantitative estimate of drug-likeness (QED) is 0.202. The summed E-state index contributed by atoms with van der Waals surface area (Å²) in [6, 6.07) is 13.9. The van der Waals surface area contributed by atoms with Crippen molar-refractivity contribution in [1.82, 2.24) is 20.2 Å². The molecule has 0 bridgehead atoms. The van der Waals surface area contributed by atoms with Crippen molar-refractivity contribution in [3.05, 3.63) is 69.8 Å². The van der Waals surface area contributed by atoms with Crippen LogP contribution in [0.25, 0.3) is 11.3 Å². The maximum Gasteiger partial charge on any atom is 0.323 e. The van der Waals surface area contributed by atoms with E-state index in [9.17, 15) is 4.79 Å². The van der Waals surface area contributed by atoms with Crippen LogP contribution in [0.5, 0.6) is 0 Å². The molecule has 1 saturated carbocycles. The summed E-state index contributed by atoms with van der Waals surface area (Å²) in [5.41, 5.74) is 9.78. The molecule has 2 aromatic carbocycles. The second-order valence-electron chi connectivity index (χ2n) is 12.1. The van der Waals surface area contributed by atoms with E-state index >= 15 is 0 Å². The first-order valence-electron chi connectivity index (χ1n) is 15.3. The molecule has 1 aliphatic heterocycles. The molecule has 2 heterocycles. The van der Waals surface area contributed by atoms with Gasteiger partial charge < -0.3 is 21.1 Å². The molecule has 5 rings (SSSR count). The molecule has 1 aromatic heterocycles. The highest BCUT2D eigenvalue weighted by atomic mass is 35.5. The van der Waals surface area contributed by atoms with Crippen molar-refractivity contribution in [2.45, 2.75) is 83.6 Å². The number of hydrogen-bond donors (Lipinski definition) is 3. The number of anilines is 2. The molecule has 0 amide bonds. The number of hydrogen-bond acceptors (Lipinski definition) is 8. The van der Waals surface area contributed by atoms with E-state index in [1.54, 1.807) is 18.3 Å². The number of carbonyl (C=O) groups excluding carboxylic acids is 1. The summed E-state index contributed by atoms with van der Waals surface area (Å²) < 4.78 is 5.84. The van der Waals surface area contributed by atoms with Gasteiger partial charge in [-0.15, -0.1) is 0 Å². The predicted molar refractivity (Wildman–Crippen MR) is 174 cm³/mol. The topological polar surface area (TPSA) is 105 Å². The Labute approximate surface area is 264 Å². The van der Waals surface area contributed by atoms with Crippen LogP contribution in [0, 0.1) is 5.92 Å². The fraction of sp³-hybridized carbons (Fsp3) is 0.485. The molecule has 1 unspecified atom stereocenters. The predicted octanol–water partition coefficient (Wildman–Crippen LogP) is 6.71. The lowest BCUT2D eigenvalue weighted by atomic mass is 9.96. The highest BCUT2D eigenvalue weighted by Gasteiger charge is 2.33. The van der Waals surface area contributed by atoms with Crippen molar-refractivity contribution in [2.24, 2.45) is 5.92 Å². The van der Waals surface area contributed by atoms with Crippen LogP contribution in [0.2, 0.25) is 10.0 Å². The molecule has 10 heteroatoms. The lowest BCUT2D eigenvalue weighted by Gasteiger charge is -2.38. The number of esters is 1. The van der Waals surface area contributed by atoms with Crippen LogP contribution >= 0.6 is 23.2 Å². The molecule has 2 aliphatic rings. The minimum atomic E-state index is -0.239. The first-order chi connectivity index (χ1) is 20.8. The van der Waals surface area contributed by atoms with Crippen LogP contribution in [0.3, 0.4) is 0 Å². The van der Waals surface area contributed by atoms with Crippen molar-refractivity contribution < 1.29 is 9.53 Å². The third-order valence-corrected chi connectivity index (χ3v) is 9.00. The minimum absolute atomic E-state index is 0.0844. The average Bonchev–Trinajstić information content (AvgIpc) is 3.51. The largest absolute Gasteiger partial charge is 0.461 e. The summed E-state index contributed by atoms with van der Waals surface area (Å²) in [7, 11) is 0. The lowest BCUT2D eigenvalue weighted by molar-refractivity contribution is -0.152. The van der Waals surface area contributed by atoms with Crippen molar-refractivity contribution in [3.63, 3.8) is 0 Å². The van der Waals surface area contributed by atoms with Crippen LogP contribution in [0.4, 0.5) is 11.6 Å². The number of benzene rings is 2. The average molecular weight is 626 g/mol. The van der Waals surface area contributed by atoms with Crippen molar-refractivity contribution in [1.29, 1.82) is 0 Å². The van der Waals surface area contributed by atoms with Gasteiger partial charge in [0.2, 0.25) is 0 Å². The Morgan fingerprint density at radius 1 is 1.12 bits per heavy atom. The highest BCUT2D eigenvalue weighted by molar-refractivity contribution is 6.36. The van der Waals surface area contributed by atoms with E-state index in [4.69, 9.17) is 38.7 Å². The highest BCUT2D eigenvalue weighted by Crippen LogP contribution is 2.28. The smallest absolute Gasteiger partial charge is 0.323 e. The number of carbonyl (C=O) groups is 1. The molecular weight excluding hydrogens is 583 g/mol. The van der Waals surface area contributed by atoms with E-state index in [0.717, 1.165) is 75.0 Å². The zero-order valence-corrected chi connectivity index (χ0v) is 26.5. The normalized spacial score (nSPS) is 19.2. The fourth-order valence-corrected chi connectivity index (χ4v) is 6.56. The first-order valence-corrected chi connectivity index (χ1v) is 16.1. The van der Waals surface area contributed by atoms with Crippen molar-refractivity contribution >= 4 is 40.8 Å². The molecule has 230 valence electrons. The minimum Gasteiger partial charge on any atom is -0.461 e. The Morgan fingerprint density at radius 2 is 1.84 bits per heavy atom. The van der Waals surface area contributed by atoms with Gasteiger partial charge in [-0.05, 0) is 68.7 Å². The van der Waals surface area contributed by atoms with Gasteiger partial charge in [0.25, 0.3) is 0 Å². The molecule has 3 aromatic rings. The van der Waals surface area contributed by atoms with Crippen LogP contribution < -0.4 is 16.4 Å². The first kappa shape index (κ1) is 31.5. The fourth-order valence-electron chi connectivity index (χ4n) is 6.03. The van der Waals surface area contributed by atoms with Crippen LogP contribution in [0.1, 0.15) is 63.5 Å². The lowest BCUT2D eigenvalue weighted by Crippen LogP contribution is -2.52. The number of rotatable bonds is 11. The van der Waals surface area contributed by atoms with E-state index in [0.29, 0.717) is 40.2 Å². The van der Waals surface area contributed by atoms with Gasteiger partial charge in [0.1, 0.15) is 12.1 Å². The van der Waals surface area contributed by atoms with Crippen LogP contribution in [-0.4, -0.2) is 52.1 Å². The molecule has 2 atom stereocenters. The molecule has 43 heavy (non-hydrogen) atoms. The summed E-state index contributed by atoms with van der Waals surface area (Å²) in [5.74, 6) is 1.21. The SMILES string of the molecule is CC(C)CN(Cc1ccc(-c2cnc(N)c(NCc3c(Cl)cccc3Cl)n2)cc1)C1CCN[C@@H](C(=O)OC2CCCC2)C1. The van der Waals surface area contributed by atoms with E-state index < -0.39 is 0 Å². The zero-order chi connectivity index (χ0) is 30.3. The molecule has 1 saturated heterocycles. The number of ether oxygens (including phenoxy) is 1. The number of aromatic nitrogens is 2. The summed E-state index contributed by atoms with van der Waals surface area (Å²) in [5, 5.41) is 7.80. The van der Waals surface area contributed by atoms with Gasteiger partial charge in [-0.25, -0.2) is 9.97 Å².